The molecule has 1 aliphatic rings. The van der Waals surface area contributed by atoms with E-state index in [-0.39, 0.29) is 0 Å². The number of thiazole rings is 1. The molecule has 1 aromatic heterocycles. The third-order valence-corrected chi connectivity index (χ3v) is 5.18. The Labute approximate surface area is 131 Å². The number of likely N-dealkylation sites (tertiary alicyclic amines) is 1. The van der Waals surface area contributed by atoms with Gasteiger partial charge < -0.3 is 5.32 Å². The molecule has 0 saturated carbocycles. The van der Waals surface area contributed by atoms with Gasteiger partial charge in [-0.2, -0.15) is 0 Å². The van der Waals surface area contributed by atoms with Gasteiger partial charge in [-0.3, -0.25) is 4.90 Å². The normalized spacial score (nSPS) is 20.1. The molecule has 2 aromatic rings. The summed E-state index contributed by atoms with van der Waals surface area (Å²) in [6, 6.07) is 8.45. The van der Waals surface area contributed by atoms with Gasteiger partial charge in [0.25, 0.3) is 0 Å². The van der Waals surface area contributed by atoms with Crippen molar-refractivity contribution < 1.29 is 0 Å². The first-order valence-electron chi connectivity index (χ1n) is 8.12. The molecule has 1 aromatic carbocycles. The molecule has 0 bridgehead atoms. The van der Waals surface area contributed by atoms with Crippen molar-refractivity contribution in [1.82, 2.24) is 15.2 Å². The SMILES string of the molecule is CCCNCC1CCCN(Cc2nc3ccccc3s2)C1. The number of para-hydroxylation sites is 1. The summed E-state index contributed by atoms with van der Waals surface area (Å²) in [7, 11) is 0. The molecule has 3 nitrogen and oxygen atoms in total. The second kappa shape index (κ2) is 7.34. The summed E-state index contributed by atoms with van der Waals surface area (Å²) < 4.78 is 1.31. The van der Waals surface area contributed by atoms with Crippen molar-refractivity contribution in [2.45, 2.75) is 32.7 Å². The number of nitrogens with zero attached hydrogens (tertiary/aromatic N) is 2. The molecule has 114 valence electrons. The lowest BCUT2D eigenvalue weighted by molar-refractivity contribution is 0.165. The fraction of sp³-hybridized carbons (Fsp3) is 0.588. The van der Waals surface area contributed by atoms with Gasteiger partial charge in [-0.1, -0.05) is 19.1 Å². The molecule has 0 amide bonds. The third kappa shape index (κ3) is 4.02. The molecule has 1 aliphatic heterocycles. The van der Waals surface area contributed by atoms with Gasteiger partial charge in [0.2, 0.25) is 0 Å². The smallest absolute Gasteiger partial charge is 0.108 e. The minimum absolute atomic E-state index is 0.805. The maximum atomic E-state index is 4.77. The first kappa shape index (κ1) is 14.9. The summed E-state index contributed by atoms with van der Waals surface area (Å²) in [6.45, 7) is 8.00. The average Bonchev–Trinajstić information content (AvgIpc) is 2.90. The number of hydrogen-bond acceptors (Lipinski definition) is 4. The van der Waals surface area contributed by atoms with Crippen LogP contribution in [0, 0.1) is 5.92 Å². The number of hydrogen-bond donors (Lipinski definition) is 1. The number of rotatable bonds is 6. The van der Waals surface area contributed by atoms with Crippen LogP contribution in [0.5, 0.6) is 0 Å². The van der Waals surface area contributed by atoms with E-state index in [1.807, 2.05) is 11.3 Å². The van der Waals surface area contributed by atoms with Crippen LogP contribution < -0.4 is 5.32 Å². The van der Waals surface area contributed by atoms with Crippen LogP contribution in [-0.4, -0.2) is 36.1 Å². The van der Waals surface area contributed by atoms with Crippen LogP contribution in [0.25, 0.3) is 10.2 Å². The van der Waals surface area contributed by atoms with Crippen molar-refractivity contribution in [3.63, 3.8) is 0 Å². The zero-order valence-electron chi connectivity index (χ0n) is 12.8. The molecular formula is C17H25N3S. The van der Waals surface area contributed by atoms with Crippen LogP contribution in [-0.2, 0) is 6.54 Å². The lowest BCUT2D eigenvalue weighted by Crippen LogP contribution is -2.39. The van der Waals surface area contributed by atoms with E-state index in [0.29, 0.717) is 0 Å². The van der Waals surface area contributed by atoms with Crippen LogP contribution in [0.4, 0.5) is 0 Å². The summed E-state index contributed by atoms with van der Waals surface area (Å²) >= 11 is 1.85. The molecule has 2 heterocycles. The molecule has 4 heteroatoms. The zero-order chi connectivity index (χ0) is 14.5. The number of aromatic nitrogens is 1. The predicted octanol–water partition coefficient (Wildman–Crippen LogP) is 3.51. The molecule has 1 N–H and O–H groups in total. The Morgan fingerprint density at radius 1 is 1.38 bits per heavy atom. The molecule has 21 heavy (non-hydrogen) atoms. The Kier molecular flexibility index (Phi) is 5.22. The molecule has 1 saturated heterocycles. The highest BCUT2D eigenvalue weighted by Crippen LogP contribution is 2.24. The second-order valence-electron chi connectivity index (χ2n) is 6.02. The van der Waals surface area contributed by atoms with E-state index in [4.69, 9.17) is 4.98 Å². The highest BCUT2D eigenvalue weighted by molar-refractivity contribution is 7.18. The molecule has 1 unspecified atom stereocenters. The Hall–Kier alpha value is -0.970. The standard InChI is InChI=1S/C17H25N3S/c1-2-9-18-11-14-6-5-10-20(12-14)13-17-19-15-7-3-4-8-16(15)21-17/h3-4,7-8,14,18H,2,5-6,9-13H2,1H3. The quantitative estimate of drug-likeness (QED) is 0.828. The maximum Gasteiger partial charge on any atom is 0.108 e. The zero-order valence-corrected chi connectivity index (χ0v) is 13.7. The Bertz CT molecular complexity index is 533. The van der Waals surface area contributed by atoms with Gasteiger partial charge in [0.05, 0.1) is 16.8 Å². The van der Waals surface area contributed by atoms with Crippen LogP contribution in [0.3, 0.4) is 0 Å². The maximum absolute atomic E-state index is 4.77. The van der Waals surface area contributed by atoms with E-state index in [1.165, 1.54) is 48.6 Å². The van der Waals surface area contributed by atoms with E-state index >= 15 is 0 Å². The molecule has 0 spiro atoms. The van der Waals surface area contributed by atoms with Gasteiger partial charge in [-0.25, -0.2) is 4.98 Å². The van der Waals surface area contributed by atoms with E-state index in [9.17, 15) is 0 Å². The lowest BCUT2D eigenvalue weighted by Gasteiger charge is -2.32. The summed E-state index contributed by atoms with van der Waals surface area (Å²) in [6.07, 6.45) is 3.92. The molecule has 3 rings (SSSR count). The van der Waals surface area contributed by atoms with Gasteiger partial charge >= 0.3 is 0 Å². The highest BCUT2D eigenvalue weighted by atomic mass is 32.1. The van der Waals surface area contributed by atoms with Crippen molar-refractivity contribution in [2.24, 2.45) is 5.92 Å². The van der Waals surface area contributed by atoms with E-state index in [0.717, 1.165) is 24.5 Å². The van der Waals surface area contributed by atoms with E-state index in [1.54, 1.807) is 0 Å². The number of piperidine rings is 1. The lowest BCUT2D eigenvalue weighted by atomic mass is 9.98. The number of nitrogens with one attached hydrogen (secondary N) is 1. The second-order valence-corrected chi connectivity index (χ2v) is 7.14. The first-order valence-corrected chi connectivity index (χ1v) is 8.94. The number of fused-ring (bicyclic) bond motifs is 1. The van der Waals surface area contributed by atoms with Gasteiger partial charge in [-0.15, -0.1) is 11.3 Å². The van der Waals surface area contributed by atoms with Crippen LogP contribution in [0.1, 0.15) is 31.2 Å². The molecule has 1 atom stereocenters. The largest absolute Gasteiger partial charge is 0.316 e. The van der Waals surface area contributed by atoms with Crippen molar-refractivity contribution in [1.29, 1.82) is 0 Å². The minimum Gasteiger partial charge on any atom is -0.316 e. The molecular weight excluding hydrogens is 278 g/mol. The van der Waals surface area contributed by atoms with E-state index < -0.39 is 0 Å². The minimum atomic E-state index is 0.805. The van der Waals surface area contributed by atoms with Crippen molar-refractivity contribution in [3.05, 3.63) is 29.3 Å². The number of benzene rings is 1. The molecule has 0 aliphatic carbocycles. The van der Waals surface area contributed by atoms with Crippen LogP contribution >= 0.6 is 11.3 Å². The van der Waals surface area contributed by atoms with Gasteiger partial charge in [0.15, 0.2) is 0 Å². The van der Waals surface area contributed by atoms with Gasteiger partial charge in [0.1, 0.15) is 5.01 Å². The van der Waals surface area contributed by atoms with E-state index in [2.05, 4.69) is 41.4 Å². The Balaban J connectivity index is 1.56. The molecule has 0 radical (unpaired) electrons. The monoisotopic (exact) mass is 303 g/mol. The van der Waals surface area contributed by atoms with Crippen molar-refractivity contribution in [3.8, 4) is 0 Å². The highest BCUT2D eigenvalue weighted by Gasteiger charge is 2.20. The first-order chi connectivity index (χ1) is 10.3. The van der Waals surface area contributed by atoms with Crippen LogP contribution in [0.2, 0.25) is 0 Å². The summed E-state index contributed by atoms with van der Waals surface area (Å²) in [5.41, 5.74) is 1.15. The summed E-state index contributed by atoms with van der Waals surface area (Å²) in [5, 5.41) is 4.83. The van der Waals surface area contributed by atoms with Crippen molar-refractivity contribution in [2.75, 3.05) is 26.2 Å². The third-order valence-electron chi connectivity index (χ3n) is 4.16. The summed E-state index contributed by atoms with van der Waals surface area (Å²) in [5.74, 6) is 0.805. The predicted molar refractivity (Wildman–Crippen MR) is 90.8 cm³/mol. The topological polar surface area (TPSA) is 28.2 Å². The fourth-order valence-corrected chi connectivity index (χ4v) is 4.13. The Morgan fingerprint density at radius 2 is 2.29 bits per heavy atom. The molecule has 1 fully saturated rings. The van der Waals surface area contributed by atoms with Crippen molar-refractivity contribution >= 4 is 21.6 Å². The Morgan fingerprint density at radius 3 is 3.14 bits per heavy atom. The van der Waals surface area contributed by atoms with Gasteiger partial charge in [0, 0.05) is 6.54 Å². The average molecular weight is 303 g/mol. The van der Waals surface area contributed by atoms with Gasteiger partial charge in [-0.05, 0) is 56.9 Å². The fourth-order valence-electron chi connectivity index (χ4n) is 3.12. The van der Waals surface area contributed by atoms with Crippen LogP contribution in [0.15, 0.2) is 24.3 Å². The summed E-state index contributed by atoms with van der Waals surface area (Å²) in [4.78, 5) is 7.35.